The van der Waals surface area contributed by atoms with Crippen LogP contribution in [0.4, 0.5) is 4.79 Å². The molecule has 1 amide bonds. The minimum atomic E-state index is -3.30. The van der Waals surface area contributed by atoms with Crippen LogP contribution in [0.1, 0.15) is 66.7 Å². The first-order chi connectivity index (χ1) is 10.5. The van der Waals surface area contributed by atoms with Crippen molar-refractivity contribution in [2.45, 2.75) is 83.6 Å². The van der Waals surface area contributed by atoms with Gasteiger partial charge in [-0.3, -0.25) is 0 Å². The number of alkyl carbamates (subject to hydrolysis) is 1. The van der Waals surface area contributed by atoms with Gasteiger partial charge in [-0.2, -0.15) is 0 Å². The standard InChI is InChI=1S/C16H32N2O4S/c1-12(2)10-13(18-15(19)22-16(3,4)5)11-17-23(20,21)14-8-6-7-9-14/h12-14,17H,6-11H2,1-5H3,(H,18,19)/t13-/m0/s1. The quantitative estimate of drug-likeness (QED) is 0.741. The highest BCUT2D eigenvalue weighted by Crippen LogP contribution is 2.24. The second kappa shape index (κ2) is 8.33. The maximum absolute atomic E-state index is 12.3. The highest BCUT2D eigenvalue weighted by atomic mass is 32.2. The predicted octanol–water partition coefficient (Wildman–Crippen LogP) is 2.79. The number of ether oxygens (including phenoxy) is 1. The fraction of sp³-hybridized carbons (Fsp3) is 0.938. The molecule has 0 bridgehead atoms. The summed E-state index contributed by atoms with van der Waals surface area (Å²) in [5, 5.41) is 2.49. The van der Waals surface area contributed by atoms with Crippen molar-refractivity contribution in [2.24, 2.45) is 5.92 Å². The van der Waals surface area contributed by atoms with E-state index in [0.717, 1.165) is 25.7 Å². The third-order valence-corrected chi connectivity index (χ3v) is 5.67. The van der Waals surface area contributed by atoms with E-state index in [-0.39, 0.29) is 17.8 Å². The summed E-state index contributed by atoms with van der Waals surface area (Å²) in [6.45, 7) is 9.67. The lowest BCUT2D eigenvalue weighted by Crippen LogP contribution is -2.47. The summed E-state index contributed by atoms with van der Waals surface area (Å²) >= 11 is 0. The molecule has 0 aromatic rings. The molecular weight excluding hydrogens is 316 g/mol. The number of nitrogens with one attached hydrogen (secondary N) is 2. The maximum Gasteiger partial charge on any atom is 0.407 e. The van der Waals surface area contributed by atoms with Gasteiger partial charge in [0.1, 0.15) is 5.60 Å². The highest BCUT2D eigenvalue weighted by Gasteiger charge is 2.29. The summed E-state index contributed by atoms with van der Waals surface area (Å²) in [7, 11) is -3.30. The lowest BCUT2D eigenvalue weighted by molar-refractivity contribution is 0.0499. The number of sulfonamides is 1. The molecule has 0 aromatic carbocycles. The van der Waals surface area contributed by atoms with Crippen LogP contribution in [-0.4, -0.2) is 37.9 Å². The molecule has 1 fully saturated rings. The van der Waals surface area contributed by atoms with Crippen LogP contribution in [0.5, 0.6) is 0 Å². The number of carbonyl (C=O) groups excluding carboxylic acids is 1. The van der Waals surface area contributed by atoms with Crippen LogP contribution in [0.25, 0.3) is 0 Å². The van der Waals surface area contributed by atoms with E-state index < -0.39 is 21.7 Å². The SMILES string of the molecule is CC(C)C[C@@H](CNS(=O)(=O)C1CCCC1)NC(=O)OC(C)(C)C. The summed E-state index contributed by atoms with van der Waals surface area (Å²) in [4.78, 5) is 11.9. The molecule has 1 rings (SSSR count). The van der Waals surface area contributed by atoms with Crippen molar-refractivity contribution in [3.63, 3.8) is 0 Å². The molecule has 1 aliphatic rings. The second-order valence-electron chi connectivity index (χ2n) is 7.77. The summed E-state index contributed by atoms with van der Waals surface area (Å²) in [6.07, 6.45) is 3.57. The van der Waals surface area contributed by atoms with Crippen molar-refractivity contribution in [1.29, 1.82) is 0 Å². The maximum atomic E-state index is 12.3. The number of carbonyl (C=O) groups is 1. The Bertz CT molecular complexity index is 477. The van der Waals surface area contributed by atoms with Crippen LogP contribution in [0.2, 0.25) is 0 Å². The molecule has 1 atom stereocenters. The average molecular weight is 349 g/mol. The molecule has 7 heteroatoms. The second-order valence-corrected chi connectivity index (χ2v) is 9.82. The molecule has 1 aliphatic carbocycles. The van der Waals surface area contributed by atoms with Gasteiger partial charge in [-0.05, 0) is 46.0 Å². The van der Waals surface area contributed by atoms with Crippen molar-refractivity contribution in [2.75, 3.05) is 6.54 Å². The minimum Gasteiger partial charge on any atom is -0.444 e. The molecule has 0 saturated heterocycles. The van der Waals surface area contributed by atoms with Crippen LogP contribution in [0.15, 0.2) is 0 Å². The van der Waals surface area contributed by atoms with Gasteiger partial charge < -0.3 is 10.1 Å². The molecule has 23 heavy (non-hydrogen) atoms. The number of hydrogen-bond acceptors (Lipinski definition) is 4. The Morgan fingerprint density at radius 3 is 2.26 bits per heavy atom. The van der Waals surface area contributed by atoms with E-state index in [1.54, 1.807) is 20.8 Å². The van der Waals surface area contributed by atoms with E-state index in [1.165, 1.54) is 0 Å². The predicted molar refractivity (Wildman–Crippen MR) is 91.8 cm³/mol. The van der Waals surface area contributed by atoms with E-state index in [2.05, 4.69) is 10.0 Å². The van der Waals surface area contributed by atoms with Crippen LogP contribution in [-0.2, 0) is 14.8 Å². The normalized spacial score (nSPS) is 18.2. The van der Waals surface area contributed by atoms with E-state index in [0.29, 0.717) is 12.3 Å². The molecule has 2 N–H and O–H groups in total. The Labute approximate surface area is 140 Å². The van der Waals surface area contributed by atoms with Crippen LogP contribution >= 0.6 is 0 Å². The molecule has 1 saturated carbocycles. The Morgan fingerprint density at radius 1 is 1.22 bits per heavy atom. The van der Waals surface area contributed by atoms with E-state index in [1.807, 2.05) is 13.8 Å². The molecular formula is C16H32N2O4S. The Balaban J connectivity index is 2.58. The first-order valence-corrected chi connectivity index (χ1v) is 10.0. The molecule has 136 valence electrons. The molecule has 0 aromatic heterocycles. The van der Waals surface area contributed by atoms with Gasteiger partial charge in [0.15, 0.2) is 0 Å². The number of rotatable bonds is 7. The zero-order valence-electron chi connectivity index (χ0n) is 15.0. The van der Waals surface area contributed by atoms with Gasteiger partial charge in [0.25, 0.3) is 0 Å². The summed E-state index contributed by atoms with van der Waals surface area (Å²) in [5.41, 5.74) is -0.574. The van der Waals surface area contributed by atoms with Gasteiger partial charge in [-0.1, -0.05) is 26.7 Å². The summed E-state index contributed by atoms with van der Waals surface area (Å²) in [5.74, 6) is 0.339. The van der Waals surface area contributed by atoms with E-state index in [4.69, 9.17) is 4.74 Å². The average Bonchev–Trinajstić information content (AvgIpc) is 2.87. The highest BCUT2D eigenvalue weighted by molar-refractivity contribution is 7.90. The number of amides is 1. The molecule has 0 radical (unpaired) electrons. The molecule has 0 heterocycles. The minimum absolute atomic E-state index is 0.205. The van der Waals surface area contributed by atoms with Crippen molar-refractivity contribution in [3.8, 4) is 0 Å². The molecule has 6 nitrogen and oxygen atoms in total. The Hall–Kier alpha value is -0.820. The zero-order valence-corrected chi connectivity index (χ0v) is 15.8. The first kappa shape index (κ1) is 20.2. The molecule has 0 aliphatic heterocycles. The summed E-state index contributed by atoms with van der Waals surface area (Å²) < 4.78 is 32.5. The van der Waals surface area contributed by atoms with Gasteiger partial charge in [-0.15, -0.1) is 0 Å². The van der Waals surface area contributed by atoms with Crippen molar-refractivity contribution >= 4 is 16.1 Å². The van der Waals surface area contributed by atoms with Crippen molar-refractivity contribution in [1.82, 2.24) is 10.0 Å². The first-order valence-electron chi connectivity index (χ1n) is 8.47. The van der Waals surface area contributed by atoms with Gasteiger partial charge in [-0.25, -0.2) is 17.9 Å². The topological polar surface area (TPSA) is 84.5 Å². The van der Waals surface area contributed by atoms with E-state index in [9.17, 15) is 13.2 Å². The lowest BCUT2D eigenvalue weighted by Gasteiger charge is -2.25. The van der Waals surface area contributed by atoms with Crippen molar-refractivity contribution in [3.05, 3.63) is 0 Å². The van der Waals surface area contributed by atoms with Crippen LogP contribution in [0.3, 0.4) is 0 Å². The Morgan fingerprint density at radius 2 is 1.78 bits per heavy atom. The van der Waals surface area contributed by atoms with Crippen LogP contribution in [0, 0.1) is 5.92 Å². The lowest BCUT2D eigenvalue weighted by atomic mass is 10.0. The molecule has 0 spiro atoms. The fourth-order valence-electron chi connectivity index (χ4n) is 2.77. The fourth-order valence-corrected chi connectivity index (χ4v) is 4.39. The largest absolute Gasteiger partial charge is 0.444 e. The van der Waals surface area contributed by atoms with Gasteiger partial charge in [0.05, 0.1) is 5.25 Å². The van der Waals surface area contributed by atoms with Crippen molar-refractivity contribution < 1.29 is 17.9 Å². The van der Waals surface area contributed by atoms with Gasteiger partial charge in [0, 0.05) is 12.6 Å². The zero-order chi connectivity index (χ0) is 17.7. The number of hydrogen-bond donors (Lipinski definition) is 2. The summed E-state index contributed by atoms with van der Waals surface area (Å²) in [6, 6.07) is -0.277. The Kier molecular flexibility index (Phi) is 7.32. The third kappa shape index (κ3) is 8.01. The van der Waals surface area contributed by atoms with Gasteiger partial charge in [0.2, 0.25) is 10.0 Å². The smallest absolute Gasteiger partial charge is 0.407 e. The monoisotopic (exact) mass is 348 g/mol. The van der Waals surface area contributed by atoms with E-state index >= 15 is 0 Å². The molecule has 0 unspecified atom stereocenters. The van der Waals surface area contributed by atoms with Crippen LogP contribution < -0.4 is 10.0 Å². The third-order valence-electron chi connectivity index (χ3n) is 3.75. The van der Waals surface area contributed by atoms with Gasteiger partial charge >= 0.3 is 6.09 Å².